The smallest absolute Gasteiger partial charge is 0.327 e. The Morgan fingerprint density at radius 2 is 2.06 bits per heavy atom. The van der Waals surface area contributed by atoms with E-state index in [4.69, 9.17) is 9.47 Å². The van der Waals surface area contributed by atoms with Gasteiger partial charge in [0.15, 0.2) is 0 Å². The van der Waals surface area contributed by atoms with Crippen molar-refractivity contribution in [1.82, 2.24) is 5.32 Å². The average Bonchev–Trinajstić information content (AvgIpc) is 2.32. The van der Waals surface area contributed by atoms with Gasteiger partial charge in [-0.15, -0.1) is 12.4 Å². The predicted molar refractivity (Wildman–Crippen MR) is 71.8 cm³/mol. The van der Waals surface area contributed by atoms with Gasteiger partial charge in [-0.2, -0.15) is 0 Å². The highest BCUT2D eigenvalue weighted by Gasteiger charge is 2.22. The molecule has 6 heteroatoms. The number of esters is 1. The highest BCUT2D eigenvalue weighted by molar-refractivity contribution is 9.10. The lowest BCUT2D eigenvalue weighted by atomic mass is 10.1. The summed E-state index contributed by atoms with van der Waals surface area (Å²) in [6.45, 7) is 0. The van der Waals surface area contributed by atoms with Crippen molar-refractivity contribution in [3.8, 4) is 5.75 Å². The van der Waals surface area contributed by atoms with Crippen LogP contribution in [0.15, 0.2) is 22.7 Å². The molecule has 0 aromatic heterocycles. The molecule has 1 aromatic rings. The van der Waals surface area contributed by atoms with Crippen LogP contribution in [0.25, 0.3) is 0 Å². The maximum atomic E-state index is 11.5. The molecule has 1 atom stereocenters. The standard InChI is InChI=1S/C11H14BrNO3.ClH/c1-13-10(11(14)16-3)8-6-7(15-2)4-5-9(8)12;/h4-6,10,13H,1-3H3;1H. The summed E-state index contributed by atoms with van der Waals surface area (Å²) in [6.07, 6.45) is 0. The average molecular weight is 325 g/mol. The number of likely N-dealkylation sites (N-methyl/N-ethyl adjacent to an activating group) is 1. The number of hydrogen-bond donors (Lipinski definition) is 1. The second kappa shape index (κ2) is 7.53. The molecule has 0 fully saturated rings. The van der Waals surface area contributed by atoms with Crippen LogP contribution in [0.1, 0.15) is 11.6 Å². The van der Waals surface area contributed by atoms with E-state index in [9.17, 15) is 4.79 Å². The van der Waals surface area contributed by atoms with Gasteiger partial charge in [-0.05, 0) is 30.8 Å². The van der Waals surface area contributed by atoms with Gasteiger partial charge < -0.3 is 14.8 Å². The van der Waals surface area contributed by atoms with E-state index in [0.717, 1.165) is 10.0 Å². The first-order valence-corrected chi connectivity index (χ1v) is 5.51. The Morgan fingerprint density at radius 3 is 2.53 bits per heavy atom. The minimum Gasteiger partial charge on any atom is -0.497 e. The molecule has 4 nitrogen and oxygen atoms in total. The fourth-order valence-electron chi connectivity index (χ4n) is 1.39. The molecule has 0 bridgehead atoms. The zero-order valence-corrected chi connectivity index (χ0v) is 12.2. The Hall–Kier alpha value is -0.780. The largest absolute Gasteiger partial charge is 0.497 e. The predicted octanol–water partition coefficient (Wildman–Crippen LogP) is 2.31. The van der Waals surface area contributed by atoms with Crippen LogP contribution in [0.4, 0.5) is 0 Å². The van der Waals surface area contributed by atoms with Crippen molar-refractivity contribution < 1.29 is 14.3 Å². The molecule has 0 spiro atoms. The van der Waals surface area contributed by atoms with E-state index in [-0.39, 0.29) is 18.4 Å². The Bertz CT molecular complexity index is 387. The van der Waals surface area contributed by atoms with Crippen LogP contribution in [-0.4, -0.2) is 27.2 Å². The summed E-state index contributed by atoms with van der Waals surface area (Å²) in [5.74, 6) is 0.360. The van der Waals surface area contributed by atoms with Gasteiger partial charge in [0, 0.05) is 4.47 Å². The fraction of sp³-hybridized carbons (Fsp3) is 0.364. The van der Waals surface area contributed by atoms with Crippen molar-refractivity contribution in [3.63, 3.8) is 0 Å². The Morgan fingerprint density at radius 1 is 1.41 bits per heavy atom. The molecule has 1 N–H and O–H groups in total. The zero-order valence-electron chi connectivity index (χ0n) is 9.82. The molecule has 0 aliphatic carbocycles. The van der Waals surface area contributed by atoms with Gasteiger partial charge in [-0.3, -0.25) is 0 Å². The molecule has 0 amide bonds. The number of rotatable bonds is 4. The van der Waals surface area contributed by atoms with E-state index >= 15 is 0 Å². The maximum Gasteiger partial charge on any atom is 0.327 e. The molecule has 96 valence electrons. The molecule has 0 saturated heterocycles. The summed E-state index contributed by atoms with van der Waals surface area (Å²) in [5, 5.41) is 2.90. The monoisotopic (exact) mass is 323 g/mol. The van der Waals surface area contributed by atoms with E-state index in [1.807, 2.05) is 12.1 Å². The minimum absolute atomic E-state index is 0. The lowest BCUT2D eigenvalue weighted by Crippen LogP contribution is -2.26. The molecule has 1 aromatic carbocycles. The lowest BCUT2D eigenvalue weighted by Gasteiger charge is -2.16. The van der Waals surface area contributed by atoms with E-state index < -0.39 is 6.04 Å². The van der Waals surface area contributed by atoms with Crippen molar-refractivity contribution in [3.05, 3.63) is 28.2 Å². The molecule has 0 aliphatic rings. The highest BCUT2D eigenvalue weighted by atomic mass is 79.9. The first-order valence-electron chi connectivity index (χ1n) is 4.72. The summed E-state index contributed by atoms with van der Waals surface area (Å²) in [6, 6.07) is 4.94. The topological polar surface area (TPSA) is 47.6 Å². The normalized spacial score (nSPS) is 11.3. The highest BCUT2D eigenvalue weighted by Crippen LogP contribution is 2.28. The van der Waals surface area contributed by atoms with Gasteiger partial charge in [0.2, 0.25) is 0 Å². The van der Waals surface area contributed by atoms with E-state index in [2.05, 4.69) is 21.2 Å². The molecular weight excluding hydrogens is 309 g/mol. The molecule has 17 heavy (non-hydrogen) atoms. The number of methoxy groups -OCH3 is 2. The number of carbonyl (C=O) groups is 1. The quantitative estimate of drug-likeness (QED) is 0.864. The summed E-state index contributed by atoms with van der Waals surface area (Å²) < 4.78 is 10.7. The van der Waals surface area contributed by atoms with Crippen molar-refractivity contribution in [1.29, 1.82) is 0 Å². The van der Waals surface area contributed by atoms with Crippen LogP contribution in [-0.2, 0) is 9.53 Å². The summed E-state index contributed by atoms with van der Waals surface area (Å²) in [4.78, 5) is 11.5. The molecular formula is C11H15BrClNO3. The van der Waals surface area contributed by atoms with E-state index in [1.165, 1.54) is 7.11 Å². The zero-order chi connectivity index (χ0) is 12.1. The number of benzene rings is 1. The second-order valence-electron chi connectivity index (χ2n) is 3.13. The molecule has 0 radical (unpaired) electrons. The van der Waals surface area contributed by atoms with Crippen molar-refractivity contribution >= 4 is 34.3 Å². The Balaban J connectivity index is 0.00000256. The van der Waals surface area contributed by atoms with Gasteiger partial charge in [0.1, 0.15) is 11.8 Å². The fourth-order valence-corrected chi connectivity index (χ4v) is 1.86. The minimum atomic E-state index is -0.505. The Labute approximate surface area is 115 Å². The number of carbonyl (C=O) groups excluding carboxylic acids is 1. The van der Waals surface area contributed by atoms with Gasteiger partial charge in [-0.25, -0.2) is 4.79 Å². The molecule has 0 aliphatic heterocycles. The molecule has 0 heterocycles. The van der Waals surface area contributed by atoms with Crippen molar-refractivity contribution in [2.75, 3.05) is 21.3 Å². The summed E-state index contributed by atoms with van der Waals surface area (Å²) in [5.41, 5.74) is 0.786. The summed E-state index contributed by atoms with van der Waals surface area (Å²) in [7, 11) is 4.65. The maximum absolute atomic E-state index is 11.5. The first-order chi connectivity index (χ1) is 7.63. The second-order valence-corrected chi connectivity index (χ2v) is 3.99. The first kappa shape index (κ1) is 16.2. The molecule has 1 rings (SSSR count). The van der Waals surface area contributed by atoms with Crippen LogP contribution in [0.2, 0.25) is 0 Å². The molecule has 1 unspecified atom stereocenters. The van der Waals surface area contributed by atoms with Gasteiger partial charge in [0.05, 0.1) is 14.2 Å². The summed E-state index contributed by atoms with van der Waals surface area (Å²) >= 11 is 3.40. The Kier molecular flexibility index (Phi) is 7.18. The van der Waals surface area contributed by atoms with Crippen LogP contribution in [0, 0.1) is 0 Å². The van der Waals surface area contributed by atoms with E-state index in [1.54, 1.807) is 20.2 Å². The van der Waals surface area contributed by atoms with Crippen molar-refractivity contribution in [2.45, 2.75) is 6.04 Å². The van der Waals surface area contributed by atoms with Crippen LogP contribution in [0.3, 0.4) is 0 Å². The lowest BCUT2D eigenvalue weighted by molar-refractivity contribution is -0.143. The van der Waals surface area contributed by atoms with Crippen LogP contribution in [0.5, 0.6) is 5.75 Å². The van der Waals surface area contributed by atoms with Crippen LogP contribution >= 0.6 is 28.3 Å². The number of halogens is 2. The third kappa shape index (κ3) is 3.87. The number of ether oxygens (including phenoxy) is 2. The van der Waals surface area contributed by atoms with Crippen LogP contribution < -0.4 is 10.1 Å². The SMILES string of the molecule is CNC(C(=O)OC)c1cc(OC)ccc1Br.Cl. The van der Waals surface area contributed by atoms with E-state index in [0.29, 0.717) is 5.75 Å². The third-order valence-electron chi connectivity index (χ3n) is 2.24. The third-order valence-corrected chi connectivity index (χ3v) is 2.96. The van der Waals surface area contributed by atoms with Crippen molar-refractivity contribution in [2.24, 2.45) is 0 Å². The van der Waals surface area contributed by atoms with Gasteiger partial charge in [0.25, 0.3) is 0 Å². The number of hydrogen-bond acceptors (Lipinski definition) is 4. The van der Waals surface area contributed by atoms with Gasteiger partial charge in [-0.1, -0.05) is 15.9 Å². The number of nitrogens with one attached hydrogen (secondary N) is 1. The van der Waals surface area contributed by atoms with Gasteiger partial charge >= 0.3 is 5.97 Å². The molecule has 0 saturated carbocycles.